The lowest BCUT2D eigenvalue weighted by Gasteiger charge is -2.24. The minimum absolute atomic E-state index is 0.621. The fraction of sp³-hybridized carbons (Fsp3) is 0.417. The third kappa shape index (κ3) is 4.02. The first-order valence-corrected chi connectivity index (χ1v) is 5.41. The van der Waals surface area contributed by atoms with E-state index in [0.29, 0.717) is 10.6 Å². The molecule has 1 fully saturated rings. The van der Waals surface area contributed by atoms with E-state index >= 15 is 0 Å². The van der Waals surface area contributed by atoms with Crippen molar-refractivity contribution in [3.05, 3.63) is 34.3 Å². The number of halogens is 1. The summed E-state index contributed by atoms with van der Waals surface area (Å²) < 4.78 is 0. The van der Waals surface area contributed by atoms with Crippen LogP contribution >= 0.6 is 11.6 Å². The molecule has 0 aliphatic carbocycles. The van der Waals surface area contributed by atoms with E-state index < -0.39 is 0 Å². The number of nitrogens with zero attached hydrogens (tertiary/aromatic N) is 1. The summed E-state index contributed by atoms with van der Waals surface area (Å²) in [4.78, 5) is 12.5. The Bertz CT molecular complexity index is 334. The standard InChI is InChI=1S/C8H7ClO.C4H9N/c1-6-2-3-7(5-10)4-8(6)9;1-5-3-2-4-5/h2-5H,1H3;2-4H2,1H3. The molecule has 2 rings (SSSR count). The Morgan fingerprint density at radius 1 is 1.40 bits per heavy atom. The number of carbonyl (C=O) groups is 1. The van der Waals surface area contributed by atoms with E-state index in [4.69, 9.17) is 11.6 Å². The van der Waals surface area contributed by atoms with E-state index in [1.165, 1.54) is 19.5 Å². The van der Waals surface area contributed by atoms with Crippen LogP contribution in [0.1, 0.15) is 22.3 Å². The Morgan fingerprint density at radius 3 is 2.33 bits per heavy atom. The average Bonchev–Trinajstić information content (AvgIpc) is 2.20. The van der Waals surface area contributed by atoms with Crippen LogP contribution in [0, 0.1) is 6.92 Å². The lowest BCUT2D eigenvalue weighted by Crippen LogP contribution is -2.32. The highest BCUT2D eigenvalue weighted by molar-refractivity contribution is 6.31. The number of carbonyl (C=O) groups excluding carboxylic acids is 1. The maximum atomic E-state index is 10.2. The summed E-state index contributed by atoms with van der Waals surface area (Å²) in [6.07, 6.45) is 2.20. The number of aryl methyl sites for hydroxylation is 1. The van der Waals surface area contributed by atoms with E-state index in [9.17, 15) is 4.79 Å². The SMILES string of the molecule is CN1CCC1.Cc1ccc(C=O)cc1Cl. The van der Waals surface area contributed by atoms with Gasteiger partial charge in [0, 0.05) is 10.6 Å². The number of benzene rings is 1. The molecule has 1 aliphatic rings. The van der Waals surface area contributed by atoms with E-state index in [2.05, 4.69) is 11.9 Å². The van der Waals surface area contributed by atoms with Gasteiger partial charge >= 0.3 is 0 Å². The summed E-state index contributed by atoms with van der Waals surface area (Å²) in [5.41, 5.74) is 1.61. The molecule has 1 saturated heterocycles. The second-order valence-electron chi connectivity index (χ2n) is 3.78. The first-order chi connectivity index (χ1) is 7.13. The van der Waals surface area contributed by atoms with Crippen LogP contribution in [-0.4, -0.2) is 31.3 Å². The van der Waals surface area contributed by atoms with Gasteiger partial charge in [0.15, 0.2) is 0 Å². The maximum Gasteiger partial charge on any atom is 0.150 e. The summed E-state index contributed by atoms with van der Waals surface area (Å²) in [5, 5.41) is 0.643. The van der Waals surface area contributed by atoms with Crippen molar-refractivity contribution >= 4 is 17.9 Å². The molecule has 3 heteroatoms. The van der Waals surface area contributed by atoms with Crippen molar-refractivity contribution in [2.45, 2.75) is 13.3 Å². The lowest BCUT2D eigenvalue weighted by molar-refractivity contribution is 0.112. The highest BCUT2D eigenvalue weighted by Gasteiger charge is 2.04. The first-order valence-electron chi connectivity index (χ1n) is 5.03. The molecule has 0 saturated carbocycles. The van der Waals surface area contributed by atoms with Crippen molar-refractivity contribution in [1.29, 1.82) is 0 Å². The van der Waals surface area contributed by atoms with Crippen LogP contribution in [0.4, 0.5) is 0 Å². The topological polar surface area (TPSA) is 20.3 Å². The third-order valence-electron chi connectivity index (χ3n) is 2.41. The maximum absolute atomic E-state index is 10.2. The first kappa shape index (κ1) is 12.2. The molecule has 1 aromatic rings. The van der Waals surface area contributed by atoms with Crippen molar-refractivity contribution in [3.63, 3.8) is 0 Å². The van der Waals surface area contributed by atoms with Gasteiger partial charge in [0.2, 0.25) is 0 Å². The molecule has 0 N–H and O–H groups in total. The van der Waals surface area contributed by atoms with Crippen LogP contribution in [-0.2, 0) is 0 Å². The van der Waals surface area contributed by atoms with E-state index in [0.717, 1.165) is 11.8 Å². The van der Waals surface area contributed by atoms with Gasteiger partial charge in [0.25, 0.3) is 0 Å². The highest BCUT2D eigenvalue weighted by atomic mass is 35.5. The quantitative estimate of drug-likeness (QED) is 0.685. The Labute approximate surface area is 95.8 Å². The van der Waals surface area contributed by atoms with Crippen LogP contribution < -0.4 is 0 Å². The molecular formula is C12H16ClNO. The largest absolute Gasteiger partial charge is 0.306 e. The van der Waals surface area contributed by atoms with Crippen molar-refractivity contribution < 1.29 is 4.79 Å². The monoisotopic (exact) mass is 225 g/mol. The fourth-order valence-corrected chi connectivity index (χ4v) is 1.35. The van der Waals surface area contributed by atoms with E-state index in [1.807, 2.05) is 13.0 Å². The molecule has 0 aromatic heterocycles. The third-order valence-corrected chi connectivity index (χ3v) is 2.82. The Balaban J connectivity index is 0.000000187. The van der Waals surface area contributed by atoms with Gasteiger partial charge in [-0.25, -0.2) is 0 Å². The molecule has 1 heterocycles. The molecule has 1 aliphatic heterocycles. The van der Waals surface area contributed by atoms with Crippen LogP contribution in [0.3, 0.4) is 0 Å². The van der Waals surface area contributed by atoms with Gasteiger partial charge in [-0.05, 0) is 45.1 Å². The zero-order chi connectivity index (χ0) is 11.3. The van der Waals surface area contributed by atoms with Gasteiger partial charge in [0.1, 0.15) is 6.29 Å². The Kier molecular flexibility index (Phi) is 4.79. The molecular weight excluding hydrogens is 210 g/mol. The molecule has 82 valence electrons. The van der Waals surface area contributed by atoms with Gasteiger partial charge in [0.05, 0.1) is 0 Å². The molecule has 0 unspecified atom stereocenters. The minimum atomic E-state index is 0.621. The van der Waals surface area contributed by atoms with Crippen LogP contribution in [0.15, 0.2) is 18.2 Å². The van der Waals surface area contributed by atoms with Gasteiger partial charge in [-0.2, -0.15) is 0 Å². The summed E-state index contributed by atoms with van der Waals surface area (Å²) in [6.45, 7) is 4.54. The second kappa shape index (κ2) is 5.89. The molecule has 15 heavy (non-hydrogen) atoms. The molecule has 0 amide bonds. The minimum Gasteiger partial charge on any atom is -0.306 e. The Morgan fingerprint density at radius 2 is 2.00 bits per heavy atom. The van der Waals surface area contributed by atoms with Crippen molar-refractivity contribution in [1.82, 2.24) is 4.90 Å². The van der Waals surface area contributed by atoms with Crippen molar-refractivity contribution in [2.75, 3.05) is 20.1 Å². The molecule has 0 radical (unpaired) electrons. The predicted octanol–water partition coefficient (Wildman–Crippen LogP) is 2.78. The van der Waals surface area contributed by atoms with Crippen LogP contribution in [0.25, 0.3) is 0 Å². The van der Waals surface area contributed by atoms with Crippen LogP contribution in [0.5, 0.6) is 0 Å². The van der Waals surface area contributed by atoms with Crippen molar-refractivity contribution in [3.8, 4) is 0 Å². The average molecular weight is 226 g/mol. The lowest BCUT2D eigenvalue weighted by atomic mass is 10.2. The molecule has 2 nitrogen and oxygen atoms in total. The summed E-state index contributed by atoms with van der Waals surface area (Å²) >= 11 is 5.73. The summed E-state index contributed by atoms with van der Waals surface area (Å²) in [6, 6.07) is 5.23. The Hall–Kier alpha value is -0.860. The predicted molar refractivity (Wildman–Crippen MR) is 63.7 cm³/mol. The van der Waals surface area contributed by atoms with Gasteiger partial charge in [-0.1, -0.05) is 23.7 Å². The van der Waals surface area contributed by atoms with E-state index in [1.54, 1.807) is 12.1 Å². The second-order valence-corrected chi connectivity index (χ2v) is 4.19. The van der Waals surface area contributed by atoms with Gasteiger partial charge in [-0.3, -0.25) is 4.79 Å². The van der Waals surface area contributed by atoms with E-state index in [-0.39, 0.29) is 0 Å². The van der Waals surface area contributed by atoms with Gasteiger partial charge < -0.3 is 4.90 Å². The molecule has 0 spiro atoms. The highest BCUT2D eigenvalue weighted by Crippen LogP contribution is 2.15. The smallest absolute Gasteiger partial charge is 0.150 e. The number of hydrogen-bond acceptors (Lipinski definition) is 2. The zero-order valence-electron chi connectivity index (χ0n) is 9.16. The summed E-state index contributed by atoms with van der Waals surface area (Å²) in [5.74, 6) is 0. The van der Waals surface area contributed by atoms with Crippen LogP contribution in [0.2, 0.25) is 5.02 Å². The molecule has 1 aromatic carbocycles. The van der Waals surface area contributed by atoms with Crippen molar-refractivity contribution in [2.24, 2.45) is 0 Å². The van der Waals surface area contributed by atoms with Gasteiger partial charge in [-0.15, -0.1) is 0 Å². The number of likely N-dealkylation sites (tertiary alicyclic amines) is 1. The molecule has 0 bridgehead atoms. The fourth-order valence-electron chi connectivity index (χ4n) is 1.16. The number of aldehydes is 1. The molecule has 0 atom stereocenters. The summed E-state index contributed by atoms with van der Waals surface area (Å²) in [7, 11) is 2.14. The number of hydrogen-bond donors (Lipinski definition) is 0. The number of rotatable bonds is 1. The normalized spacial score (nSPS) is 14.9. The zero-order valence-corrected chi connectivity index (χ0v) is 9.92.